The largest absolute Gasteiger partial charge is 0.352 e. The van der Waals surface area contributed by atoms with E-state index in [1.807, 2.05) is 54.6 Å². The Morgan fingerprint density at radius 2 is 1.46 bits per heavy atom. The number of nitrogens with zero attached hydrogens (tertiary/aromatic N) is 1. The third-order valence-corrected chi connectivity index (χ3v) is 4.97. The lowest BCUT2D eigenvalue weighted by Crippen LogP contribution is -2.41. The van der Waals surface area contributed by atoms with Crippen molar-refractivity contribution in [3.8, 4) is 0 Å². The molecule has 0 bridgehead atoms. The van der Waals surface area contributed by atoms with Gasteiger partial charge in [0.1, 0.15) is 0 Å². The van der Waals surface area contributed by atoms with Crippen LogP contribution in [-0.2, 0) is 11.3 Å². The van der Waals surface area contributed by atoms with E-state index in [9.17, 15) is 14.4 Å². The highest BCUT2D eigenvalue weighted by atomic mass is 16.2. The van der Waals surface area contributed by atoms with E-state index in [2.05, 4.69) is 5.32 Å². The third-order valence-electron chi connectivity index (χ3n) is 4.97. The van der Waals surface area contributed by atoms with Crippen molar-refractivity contribution in [1.82, 2.24) is 10.2 Å². The average Bonchev–Trinajstić information content (AvgIpc) is 2.73. The van der Waals surface area contributed by atoms with Gasteiger partial charge in [-0.2, -0.15) is 0 Å². The molecule has 28 heavy (non-hydrogen) atoms. The van der Waals surface area contributed by atoms with Gasteiger partial charge >= 0.3 is 0 Å². The Bertz CT molecular complexity index is 1010. The lowest BCUT2D eigenvalue weighted by Gasteiger charge is -2.27. The number of imide groups is 1. The van der Waals surface area contributed by atoms with Crippen LogP contribution < -0.4 is 5.32 Å². The van der Waals surface area contributed by atoms with Crippen LogP contribution in [0.15, 0.2) is 66.7 Å². The zero-order valence-electron chi connectivity index (χ0n) is 15.4. The van der Waals surface area contributed by atoms with Crippen LogP contribution >= 0.6 is 0 Å². The normalized spacial score (nSPS) is 13.1. The van der Waals surface area contributed by atoms with Gasteiger partial charge in [0.25, 0.3) is 11.8 Å². The smallest absolute Gasteiger partial charge is 0.261 e. The number of hydrogen-bond donors (Lipinski definition) is 1. The molecule has 3 amide bonds. The van der Waals surface area contributed by atoms with Gasteiger partial charge in [-0.15, -0.1) is 0 Å². The van der Waals surface area contributed by atoms with Crippen LogP contribution in [0.2, 0.25) is 0 Å². The summed E-state index contributed by atoms with van der Waals surface area (Å²) >= 11 is 0. The van der Waals surface area contributed by atoms with Gasteiger partial charge in [0.15, 0.2) is 0 Å². The van der Waals surface area contributed by atoms with E-state index in [4.69, 9.17) is 0 Å². The van der Waals surface area contributed by atoms with Gasteiger partial charge in [-0.3, -0.25) is 19.3 Å². The minimum absolute atomic E-state index is 0.0942. The van der Waals surface area contributed by atoms with Gasteiger partial charge in [-0.05, 0) is 29.5 Å². The first-order valence-corrected chi connectivity index (χ1v) is 9.34. The summed E-state index contributed by atoms with van der Waals surface area (Å²) in [7, 11) is 0. The Kier molecular flexibility index (Phi) is 4.89. The predicted molar refractivity (Wildman–Crippen MR) is 107 cm³/mol. The van der Waals surface area contributed by atoms with Gasteiger partial charge < -0.3 is 5.32 Å². The van der Waals surface area contributed by atoms with Crippen LogP contribution in [0.1, 0.15) is 39.1 Å². The van der Waals surface area contributed by atoms with E-state index in [0.29, 0.717) is 24.1 Å². The summed E-state index contributed by atoms with van der Waals surface area (Å²) in [6.07, 6.45) is 0.686. The van der Waals surface area contributed by atoms with E-state index >= 15 is 0 Å². The zero-order chi connectivity index (χ0) is 19.5. The van der Waals surface area contributed by atoms with E-state index in [0.717, 1.165) is 16.3 Å². The van der Waals surface area contributed by atoms with Gasteiger partial charge in [-0.25, -0.2) is 0 Å². The van der Waals surface area contributed by atoms with E-state index in [-0.39, 0.29) is 30.7 Å². The topological polar surface area (TPSA) is 66.5 Å². The number of amides is 3. The van der Waals surface area contributed by atoms with Crippen molar-refractivity contribution in [3.05, 3.63) is 83.4 Å². The van der Waals surface area contributed by atoms with E-state index in [1.54, 1.807) is 12.1 Å². The first-order chi connectivity index (χ1) is 13.6. The fourth-order valence-corrected chi connectivity index (χ4v) is 3.57. The van der Waals surface area contributed by atoms with Crippen molar-refractivity contribution >= 4 is 28.5 Å². The third kappa shape index (κ3) is 3.39. The minimum Gasteiger partial charge on any atom is -0.352 e. The molecule has 0 spiro atoms. The van der Waals surface area contributed by atoms with Gasteiger partial charge in [0.2, 0.25) is 5.91 Å². The SMILES string of the molecule is O=C(CCCN1C(=O)c2cccc3cccc(c23)C1=O)NCc1ccccc1. The lowest BCUT2D eigenvalue weighted by atomic mass is 9.94. The number of carbonyl (C=O) groups is 3. The summed E-state index contributed by atoms with van der Waals surface area (Å²) in [6.45, 7) is 0.692. The van der Waals surface area contributed by atoms with E-state index in [1.165, 1.54) is 4.90 Å². The Balaban J connectivity index is 1.39. The van der Waals surface area contributed by atoms with Crippen molar-refractivity contribution in [1.29, 1.82) is 0 Å². The second-order valence-corrected chi connectivity index (χ2v) is 6.84. The maximum Gasteiger partial charge on any atom is 0.261 e. The van der Waals surface area contributed by atoms with Gasteiger partial charge in [-0.1, -0.05) is 54.6 Å². The molecule has 0 saturated carbocycles. The van der Waals surface area contributed by atoms with Crippen molar-refractivity contribution in [3.63, 3.8) is 0 Å². The second-order valence-electron chi connectivity index (χ2n) is 6.84. The molecule has 0 atom stereocenters. The maximum atomic E-state index is 12.8. The number of benzene rings is 3. The molecule has 1 heterocycles. The molecule has 4 rings (SSSR count). The summed E-state index contributed by atoms with van der Waals surface area (Å²) in [5, 5.41) is 4.47. The Morgan fingerprint density at radius 3 is 2.11 bits per heavy atom. The highest BCUT2D eigenvalue weighted by Gasteiger charge is 2.32. The fourth-order valence-electron chi connectivity index (χ4n) is 3.57. The van der Waals surface area contributed by atoms with Gasteiger partial charge in [0.05, 0.1) is 0 Å². The van der Waals surface area contributed by atoms with Crippen LogP contribution in [0.25, 0.3) is 10.8 Å². The van der Waals surface area contributed by atoms with Gasteiger partial charge in [0, 0.05) is 36.0 Å². The van der Waals surface area contributed by atoms with E-state index < -0.39 is 0 Å². The van der Waals surface area contributed by atoms with Crippen LogP contribution in [0.3, 0.4) is 0 Å². The molecule has 0 radical (unpaired) electrons. The molecule has 3 aromatic rings. The fraction of sp³-hybridized carbons (Fsp3) is 0.174. The molecule has 1 N–H and O–H groups in total. The van der Waals surface area contributed by atoms with Crippen LogP contribution in [-0.4, -0.2) is 29.2 Å². The number of nitrogens with one attached hydrogen (secondary N) is 1. The molecule has 0 unspecified atom stereocenters. The highest BCUT2D eigenvalue weighted by molar-refractivity contribution is 6.25. The van der Waals surface area contributed by atoms with Crippen LogP contribution in [0.5, 0.6) is 0 Å². The molecule has 3 aromatic carbocycles. The molecule has 1 aliphatic rings. The van der Waals surface area contributed by atoms with Crippen molar-refractivity contribution in [2.24, 2.45) is 0 Å². The Hall–Kier alpha value is -3.47. The average molecular weight is 372 g/mol. The molecule has 0 aromatic heterocycles. The number of rotatable bonds is 6. The summed E-state index contributed by atoms with van der Waals surface area (Å²) in [5.41, 5.74) is 2.12. The molecular weight excluding hydrogens is 352 g/mol. The molecule has 1 aliphatic heterocycles. The molecule has 5 heteroatoms. The van der Waals surface area contributed by atoms with Crippen molar-refractivity contribution < 1.29 is 14.4 Å². The predicted octanol–water partition coefficient (Wildman–Crippen LogP) is 3.53. The first kappa shape index (κ1) is 17.9. The summed E-state index contributed by atoms with van der Waals surface area (Å²) in [4.78, 5) is 38.9. The highest BCUT2D eigenvalue weighted by Crippen LogP contribution is 2.29. The van der Waals surface area contributed by atoms with Crippen molar-refractivity contribution in [2.45, 2.75) is 19.4 Å². The molecular formula is C23H20N2O3. The summed E-state index contributed by atoms with van der Waals surface area (Å²) in [6, 6.07) is 20.6. The first-order valence-electron chi connectivity index (χ1n) is 9.34. The molecule has 0 aliphatic carbocycles. The maximum absolute atomic E-state index is 12.8. The molecule has 5 nitrogen and oxygen atoms in total. The Morgan fingerprint density at radius 1 is 0.821 bits per heavy atom. The molecule has 0 fully saturated rings. The Labute approximate surface area is 163 Å². The van der Waals surface area contributed by atoms with Crippen LogP contribution in [0, 0.1) is 0 Å². The number of hydrogen-bond acceptors (Lipinski definition) is 3. The standard InChI is InChI=1S/C23H20N2O3/c26-20(24-15-16-7-2-1-3-8-16)13-6-14-25-22(27)18-11-4-9-17-10-5-12-19(21(17)18)23(25)28/h1-5,7-12H,6,13-15H2,(H,24,26). The number of carbonyl (C=O) groups excluding carboxylic acids is 3. The quantitative estimate of drug-likeness (QED) is 0.673. The summed E-state index contributed by atoms with van der Waals surface area (Å²) in [5.74, 6) is -0.679. The lowest BCUT2D eigenvalue weighted by molar-refractivity contribution is -0.121. The monoisotopic (exact) mass is 372 g/mol. The summed E-state index contributed by atoms with van der Waals surface area (Å²) < 4.78 is 0. The second kappa shape index (κ2) is 7.64. The van der Waals surface area contributed by atoms with Crippen LogP contribution in [0.4, 0.5) is 0 Å². The van der Waals surface area contributed by atoms with Crippen molar-refractivity contribution in [2.75, 3.05) is 6.54 Å². The zero-order valence-corrected chi connectivity index (χ0v) is 15.4. The minimum atomic E-state index is -0.293. The molecule has 0 saturated heterocycles. The molecule has 140 valence electrons.